The Kier molecular flexibility index (Phi) is 4.24. The number of anilines is 1. The van der Waals surface area contributed by atoms with Gasteiger partial charge in [-0.15, -0.1) is 0 Å². The monoisotopic (exact) mass is 306 g/mol. The van der Waals surface area contributed by atoms with Crippen LogP contribution in [0.5, 0.6) is 0 Å². The molecular formula is C18H18N4O. The van der Waals surface area contributed by atoms with E-state index in [0.717, 1.165) is 18.4 Å². The van der Waals surface area contributed by atoms with Crippen LogP contribution in [0.3, 0.4) is 0 Å². The van der Waals surface area contributed by atoms with Crippen LogP contribution in [0.15, 0.2) is 42.6 Å². The topological polar surface area (TPSA) is 83.0 Å². The quantitative estimate of drug-likeness (QED) is 0.924. The van der Waals surface area contributed by atoms with E-state index in [9.17, 15) is 4.79 Å². The molecule has 2 N–H and O–H groups in total. The Labute approximate surface area is 135 Å². The standard InChI is InChI=1S/C18H18N4O/c19-11-13-3-2-10-22(12-13)18(23)15-7-5-14(6-8-15)17-16(20)4-1-9-21-17/h1,4-9,13H,2-3,10,12,20H2/t13-/m0/s1. The third-order valence-electron chi connectivity index (χ3n) is 4.14. The lowest BCUT2D eigenvalue weighted by molar-refractivity contribution is 0.0699. The first-order valence-corrected chi connectivity index (χ1v) is 7.69. The van der Waals surface area contributed by atoms with E-state index in [1.54, 1.807) is 35.4 Å². The highest BCUT2D eigenvalue weighted by atomic mass is 16.2. The van der Waals surface area contributed by atoms with Crippen molar-refractivity contribution in [3.05, 3.63) is 48.2 Å². The second-order valence-electron chi connectivity index (χ2n) is 5.74. The lowest BCUT2D eigenvalue weighted by Crippen LogP contribution is -2.39. The van der Waals surface area contributed by atoms with E-state index in [1.165, 1.54) is 0 Å². The normalized spacial score (nSPS) is 17.5. The van der Waals surface area contributed by atoms with E-state index in [1.807, 2.05) is 12.1 Å². The van der Waals surface area contributed by atoms with E-state index in [-0.39, 0.29) is 11.8 Å². The molecule has 1 fully saturated rings. The number of likely N-dealkylation sites (tertiary alicyclic amines) is 1. The summed E-state index contributed by atoms with van der Waals surface area (Å²) in [6.45, 7) is 1.23. The molecule has 2 aromatic rings. The first-order valence-electron chi connectivity index (χ1n) is 7.69. The minimum absolute atomic E-state index is 0.0227. The van der Waals surface area contributed by atoms with Gasteiger partial charge in [-0.3, -0.25) is 9.78 Å². The van der Waals surface area contributed by atoms with Crippen molar-refractivity contribution in [1.29, 1.82) is 5.26 Å². The van der Waals surface area contributed by atoms with Crippen LogP contribution in [0.25, 0.3) is 11.3 Å². The molecule has 0 unspecified atom stereocenters. The number of nitrogen functional groups attached to an aromatic ring is 1. The number of nitrogens with zero attached hydrogens (tertiary/aromatic N) is 3. The number of pyridine rings is 1. The van der Waals surface area contributed by atoms with Crippen molar-refractivity contribution < 1.29 is 4.79 Å². The highest BCUT2D eigenvalue weighted by molar-refractivity contribution is 5.95. The maximum absolute atomic E-state index is 12.6. The maximum Gasteiger partial charge on any atom is 0.253 e. The lowest BCUT2D eigenvalue weighted by Gasteiger charge is -2.29. The van der Waals surface area contributed by atoms with E-state index in [2.05, 4.69) is 11.1 Å². The number of carbonyl (C=O) groups excluding carboxylic acids is 1. The van der Waals surface area contributed by atoms with Crippen LogP contribution in [0.4, 0.5) is 5.69 Å². The fourth-order valence-corrected chi connectivity index (χ4v) is 2.88. The van der Waals surface area contributed by atoms with Gasteiger partial charge in [0.05, 0.1) is 23.4 Å². The van der Waals surface area contributed by atoms with Crippen LogP contribution < -0.4 is 5.73 Å². The van der Waals surface area contributed by atoms with Gasteiger partial charge in [-0.05, 0) is 37.1 Å². The van der Waals surface area contributed by atoms with Gasteiger partial charge in [0, 0.05) is 30.4 Å². The highest BCUT2D eigenvalue weighted by Gasteiger charge is 2.24. The van der Waals surface area contributed by atoms with Crippen LogP contribution in [0, 0.1) is 17.2 Å². The zero-order valence-electron chi connectivity index (χ0n) is 12.8. The molecule has 0 bridgehead atoms. The minimum Gasteiger partial charge on any atom is -0.397 e. The minimum atomic E-state index is -0.0553. The van der Waals surface area contributed by atoms with Crippen molar-refractivity contribution in [2.45, 2.75) is 12.8 Å². The number of hydrogen-bond acceptors (Lipinski definition) is 4. The highest BCUT2D eigenvalue weighted by Crippen LogP contribution is 2.24. The van der Waals surface area contributed by atoms with Gasteiger partial charge in [-0.25, -0.2) is 0 Å². The lowest BCUT2D eigenvalue weighted by atomic mass is 9.98. The number of carbonyl (C=O) groups is 1. The number of amides is 1. The van der Waals surface area contributed by atoms with Crippen molar-refractivity contribution in [2.75, 3.05) is 18.8 Å². The predicted octanol–water partition coefficient (Wildman–Crippen LogP) is 2.71. The number of nitriles is 1. The summed E-state index contributed by atoms with van der Waals surface area (Å²) < 4.78 is 0. The fourth-order valence-electron chi connectivity index (χ4n) is 2.88. The molecule has 0 spiro atoms. The average molecular weight is 306 g/mol. The molecule has 5 heteroatoms. The van der Waals surface area contributed by atoms with E-state index in [0.29, 0.717) is 30.0 Å². The Morgan fingerprint density at radius 1 is 1.30 bits per heavy atom. The molecule has 0 saturated carbocycles. The molecule has 0 radical (unpaired) electrons. The van der Waals surface area contributed by atoms with Crippen molar-refractivity contribution in [3.8, 4) is 17.3 Å². The summed E-state index contributed by atoms with van der Waals surface area (Å²) in [7, 11) is 0. The summed E-state index contributed by atoms with van der Waals surface area (Å²) in [5.74, 6) is -0.0780. The molecule has 116 valence electrons. The number of hydrogen-bond donors (Lipinski definition) is 1. The van der Waals surface area contributed by atoms with E-state index < -0.39 is 0 Å². The third kappa shape index (κ3) is 3.16. The van der Waals surface area contributed by atoms with Crippen molar-refractivity contribution in [2.24, 2.45) is 5.92 Å². The second kappa shape index (κ2) is 6.49. The van der Waals surface area contributed by atoms with Gasteiger partial charge in [-0.2, -0.15) is 5.26 Å². The van der Waals surface area contributed by atoms with Gasteiger partial charge in [0.25, 0.3) is 5.91 Å². The van der Waals surface area contributed by atoms with Crippen molar-refractivity contribution in [3.63, 3.8) is 0 Å². The van der Waals surface area contributed by atoms with Gasteiger partial charge >= 0.3 is 0 Å². The molecule has 1 aromatic carbocycles. The van der Waals surface area contributed by atoms with Gasteiger partial charge in [0.1, 0.15) is 0 Å². The molecule has 1 amide bonds. The molecule has 5 nitrogen and oxygen atoms in total. The molecular weight excluding hydrogens is 288 g/mol. The Hall–Kier alpha value is -2.87. The van der Waals surface area contributed by atoms with Crippen LogP contribution >= 0.6 is 0 Å². The van der Waals surface area contributed by atoms with Crippen LogP contribution in [-0.4, -0.2) is 28.9 Å². The Morgan fingerprint density at radius 2 is 2.09 bits per heavy atom. The fraction of sp³-hybridized carbons (Fsp3) is 0.278. The molecule has 1 aromatic heterocycles. The van der Waals surface area contributed by atoms with Crippen LogP contribution in [0.1, 0.15) is 23.2 Å². The first-order chi connectivity index (χ1) is 11.2. The smallest absolute Gasteiger partial charge is 0.253 e. The summed E-state index contributed by atoms with van der Waals surface area (Å²) in [6.07, 6.45) is 3.45. The summed E-state index contributed by atoms with van der Waals surface area (Å²) in [6, 6.07) is 13.2. The summed E-state index contributed by atoms with van der Waals surface area (Å²) >= 11 is 0. The number of aromatic nitrogens is 1. The van der Waals surface area contributed by atoms with E-state index >= 15 is 0 Å². The average Bonchev–Trinajstić information content (AvgIpc) is 2.62. The summed E-state index contributed by atoms with van der Waals surface area (Å²) in [5, 5.41) is 9.04. The number of benzene rings is 1. The molecule has 1 aliphatic heterocycles. The Bertz CT molecular complexity index is 748. The SMILES string of the molecule is N#C[C@@H]1CCCN(C(=O)c2ccc(-c3ncccc3N)cc2)C1. The number of nitrogens with two attached hydrogens (primary N) is 1. The van der Waals surface area contributed by atoms with Crippen molar-refractivity contribution in [1.82, 2.24) is 9.88 Å². The zero-order chi connectivity index (χ0) is 16.2. The van der Waals surface area contributed by atoms with Gasteiger partial charge < -0.3 is 10.6 Å². The van der Waals surface area contributed by atoms with Gasteiger partial charge in [0.15, 0.2) is 0 Å². The maximum atomic E-state index is 12.6. The van der Waals surface area contributed by atoms with Gasteiger partial charge in [0.2, 0.25) is 0 Å². The molecule has 1 saturated heterocycles. The van der Waals surface area contributed by atoms with Crippen LogP contribution in [-0.2, 0) is 0 Å². The molecule has 3 rings (SSSR count). The Balaban J connectivity index is 1.78. The largest absolute Gasteiger partial charge is 0.397 e. The molecule has 2 heterocycles. The summed E-state index contributed by atoms with van der Waals surface area (Å²) in [5.41, 5.74) is 8.77. The van der Waals surface area contributed by atoms with E-state index in [4.69, 9.17) is 11.0 Å². The zero-order valence-corrected chi connectivity index (χ0v) is 12.8. The predicted molar refractivity (Wildman–Crippen MR) is 88.3 cm³/mol. The van der Waals surface area contributed by atoms with Crippen LogP contribution in [0.2, 0.25) is 0 Å². The van der Waals surface area contributed by atoms with Crippen molar-refractivity contribution >= 4 is 11.6 Å². The molecule has 0 aliphatic carbocycles. The summed E-state index contributed by atoms with van der Waals surface area (Å²) in [4.78, 5) is 18.6. The third-order valence-corrected chi connectivity index (χ3v) is 4.14. The number of rotatable bonds is 2. The molecule has 23 heavy (non-hydrogen) atoms. The van der Waals surface area contributed by atoms with Gasteiger partial charge in [-0.1, -0.05) is 12.1 Å². The Morgan fingerprint density at radius 3 is 2.78 bits per heavy atom. The molecule has 1 aliphatic rings. The molecule has 1 atom stereocenters. The second-order valence-corrected chi connectivity index (χ2v) is 5.74. The first kappa shape index (κ1) is 15.0. The number of piperidine rings is 1.